The van der Waals surface area contributed by atoms with Gasteiger partial charge in [0, 0.05) is 16.8 Å². The first-order valence-electron chi connectivity index (χ1n) is 9.13. The quantitative estimate of drug-likeness (QED) is 0.447. The molecule has 0 amide bonds. The van der Waals surface area contributed by atoms with E-state index in [1.165, 1.54) is 4.90 Å². The van der Waals surface area contributed by atoms with Crippen LogP contribution in [0.2, 0.25) is 0 Å². The lowest BCUT2D eigenvalue weighted by Crippen LogP contribution is -2.16. The number of para-hydroxylation sites is 1. The molecule has 0 atom stereocenters. The minimum atomic E-state index is 0.720. The highest BCUT2D eigenvalue weighted by molar-refractivity contribution is 7.98. The van der Waals surface area contributed by atoms with Gasteiger partial charge in [-0.2, -0.15) is 0 Å². The average Bonchev–Trinajstić information content (AvgIpc) is 2.69. The van der Waals surface area contributed by atoms with Crippen molar-refractivity contribution in [1.29, 1.82) is 0 Å². The van der Waals surface area contributed by atoms with Crippen molar-refractivity contribution >= 4 is 40.6 Å². The number of hydrogen-bond acceptors (Lipinski definition) is 5. The second-order valence-electron chi connectivity index (χ2n) is 6.64. The van der Waals surface area contributed by atoms with E-state index in [1.54, 1.807) is 11.8 Å². The van der Waals surface area contributed by atoms with Crippen LogP contribution in [0.5, 0.6) is 0 Å². The molecule has 3 rings (SSSR count). The van der Waals surface area contributed by atoms with Crippen LogP contribution in [-0.4, -0.2) is 48.3 Å². The van der Waals surface area contributed by atoms with E-state index < -0.39 is 0 Å². The Bertz CT molecular complexity index is 904. The molecule has 0 unspecified atom stereocenters. The van der Waals surface area contributed by atoms with E-state index in [1.807, 2.05) is 24.3 Å². The Labute approximate surface area is 165 Å². The zero-order valence-corrected chi connectivity index (χ0v) is 17.0. The largest absolute Gasteiger partial charge is 0.369 e. The molecule has 0 bridgehead atoms. The summed E-state index contributed by atoms with van der Waals surface area (Å²) in [4.78, 5) is 12.9. The molecule has 140 valence electrons. The number of anilines is 1. The van der Waals surface area contributed by atoms with E-state index in [0.29, 0.717) is 0 Å². The highest BCUT2D eigenvalue weighted by Crippen LogP contribution is 2.21. The Morgan fingerprint density at radius 2 is 1.78 bits per heavy atom. The molecule has 27 heavy (non-hydrogen) atoms. The molecule has 0 aliphatic carbocycles. The first-order chi connectivity index (χ1) is 13.2. The zero-order chi connectivity index (χ0) is 19.1. The van der Waals surface area contributed by atoms with Crippen LogP contribution in [0, 0.1) is 0 Å². The van der Waals surface area contributed by atoms with Gasteiger partial charge in [-0.05, 0) is 69.2 Å². The van der Waals surface area contributed by atoms with Crippen molar-refractivity contribution in [1.82, 2.24) is 14.9 Å². The van der Waals surface area contributed by atoms with Crippen LogP contribution >= 0.6 is 11.8 Å². The van der Waals surface area contributed by atoms with Crippen molar-refractivity contribution in [2.75, 3.05) is 38.8 Å². The molecule has 0 aliphatic heterocycles. The number of benzene rings is 2. The Hall–Kier alpha value is -2.37. The summed E-state index contributed by atoms with van der Waals surface area (Å²) in [7, 11) is 4.18. The topological polar surface area (TPSA) is 41.1 Å². The Kier molecular flexibility index (Phi) is 6.85. The predicted molar refractivity (Wildman–Crippen MR) is 118 cm³/mol. The average molecular weight is 379 g/mol. The van der Waals surface area contributed by atoms with E-state index in [-0.39, 0.29) is 0 Å². The first kappa shape index (κ1) is 19.4. The number of rotatable bonds is 8. The van der Waals surface area contributed by atoms with Crippen molar-refractivity contribution in [2.45, 2.75) is 11.3 Å². The fourth-order valence-corrected chi connectivity index (χ4v) is 3.20. The lowest BCUT2D eigenvalue weighted by atomic mass is 10.2. The van der Waals surface area contributed by atoms with E-state index in [0.717, 1.165) is 47.6 Å². The third kappa shape index (κ3) is 5.55. The molecule has 4 nitrogen and oxygen atoms in total. The highest BCUT2D eigenvalue weighted by atomic mass is 32.2. The molecule has 0 spiro atoms. The third-order valence-electron chi connectivity index (χ3n) is 4.24. The van der Waals surface area contributed by atoms with Crippen molar-refractivity contribution in [3.63, 3.8) is 0 Å². The molecular formula is C22H26N4S. The SMILES string of the molecule is CSc1ccc(C=Cc2nc(NCCCN(C)C)c3ccccc3n2)cc1. The maximum absolute atomic E-state index is 4.74. The van der Waals surface area contributed by atoms with Crippen LogP contribution in [0.4, 0.5) is 5.82 Å². The highest BCUT2D eigenvalue weighted by Gasteiger charge is 2.05. The van der Waals surface area contributed by atoms with E-state index >= 15 is 0 Å². The van der Waals surface area contributed by atoms with Crippen LogP contribution in [0.1, 0.15) is 17.8 Å². The van der Waals surface area contributed by atoms with E-state index in [4.69, 9.17) is 9.97 Å². The number of aromatic nitrogens is 2. The maximum Gasteiger partial charge on any atom is 0.154 e. The molecule has 0 saturated heterocycles. The fourth-order valence-electron chi connectivity index (χ4n) is 2.79. The van der Waals surface area contributed by atoms with Gasteiger partial charge in [0.2, 0.25) is 0 Å². The zero-order valence-electron chi connectivity index (χ0n) is 16.1. The minimum absolute atomic E-state index is 0.720. The van der Waals surface area contributed by atoms with Gasteiger partial charge >= 0.3 is 0 Å². The molecule has 0 saturated carbocycles. The summed E-state index contributed by atoms with van der Waals surface area (Å²) in [6, 6.07) is 16.6. The molecule has 5 heteroatoms. The van der Waals surface area contributed by atoms with Crippen molar-refractivity contribution in [3.8, 4) is 0 Å². The molecular weight excluding hydrogens is 352 g/mol. The monoisotopic (exact) mass is 378 g/mol. The second kappa shape index (κ2) is 9.53. The number of nitrogens with zero attached hydrogens (tertiary/aromatic N) is 3. The van der Waals surface area contributed by atoms with Crippen LogP contribution in [-0.2, 0) is 0 Å². The van der Waals surface area contributed by atoms with Gasteiger partial charge in [0.05, 0.1) is 5.52 Å². The first-order valence-corrected chi connectivity index (χ1v) is 10.4. The Morgan fingerprint density at radius 1 is 1.00 bits per heavy atom. The Morgan fingerprint density at radius 3 is 2.52 bits per heavy atom. The maximum atomic E-state index is 4.74. The summed E-state index contributed by atoms with van der Waals surface area (Å²) in [5.74, 6) is 1.62. The summed E-state index contributed by atoms with van der Waals surface area (Å²) in [5.41, 5.74) is 2.10. The van der Waals surface area contributed by atoms with Gasteiger partial charge in [0.25, 0.3) is 0 Å². The van der Waals surface area contributed by atoms with Crippen molar-refractivity contribution in [2.24, 2.45) is 0 Å². The molecule has 1 N–H and O–H groups in total. The van der Waals surface area contributed by atoms with Crippen molar-refractivity contribution in [3.05, 3.63) is 59.9 Å². The molecule has 0 fully saturated rings. The van der Waals surface area contributed by atoms with Crippen LogP contribution in [0.3, 0.4) is 0 Å². The van der Waals surface area contributed by atoms with Crippen molar-refractivity contribution < 1.29 is 0 Å². The van der Waals surface area contributed by atoms with E-state index in [2.05, 4.69) is 67.0 Å². The van der Waals surface area contributed by atoms with Crippen LogP contribution in [0.15, 0.2) is 53.4 Å². The molecule has 2 aromatic carbocycles. The van der Waals surface area contributed by atoms with Crippen LogP contribution in [0.25, 0.3) is 23.1 Å². The van der Waals surface area contributed by atoms with Gasteiger partial charge in [0.1, 0.15) is 5.82 Å². The predicted octanol–water partition coefficient (Wildman–Crippen LogP) is 4.89. The standard InChI is InChI=1S/C22H26N4S/c1-26(2)16-6-15-23-22-19-7-4-5-8-20(19)24-21(25-22)14-11-17-9-12-18(27-3)13-10-17/h4-5,7-14H,6,15-16H2,1-3H3,(H,23,24,25). The third-order valence-corrected chi connectivity index (χ3v) is 4.98. The summed E-state index contributed by atoms with van der Waals surface area (Å²) < 4.78 is 0. The summed E-state index contributed by atoms with van der Waals surface area (Å²) in [6.45, 7) is 1.94. The Balaban J connectivity index is 1.81. The summed E-state index contributed by atoms with van der Waals surface area (Å²) in [5, 5.41) is 4.54. The van der Waals surface area contributed by atoms with E-state index in [9.17, 15) is 0 Å². The lowest BCUT2D eigenvalue weighted by molar-refractivity contribution is 0.405. The molecule has 1 aromatic heterocycles. The summed E-state index contributed by atoms with van der Waals surface area (Å²) in [6.07, 6.45) is 7.19. The number of thioether (sulfide) groups is 1. The smallest absolute Gasteiger partial charge is 0.154 e. The normalized spacial score (nSPS) is 11.6. The van der Waals surface area contributed by atoms with Gasteiger partial charge in [0.15, 0.2) is 5.82 Å². The van der Waals surface area contributed by atoms with Gasteiger partial charge in [-0.1, -0.05) is 30.3 Å². The fraction of sp³-hybridized carbons (Fsp3) is 0.273. The van der Waals surface area contributed by atoms with Gasteiger partial charge in [-0.3, -0.25) is 0 Å². The number of fused-ring (bicyclic) bond motifs is 1. The number of hydrogen-bond donors (Lipinski definition) is 1. The number of nitrogens with one attached hydrogen (secondary N) is 1. The molecule has 1 heterocycles. The summed E-state index contributed by atoms with van der Waals surface area (Å²) >= 11 is 1.75. The molecule has 3 aromatic rings. The van der Waals surface area contributed by atoms with Gasteiger partial charge < -0.3 is 10.2 Å². The second-order valence-corrected chi connectivity index (χ2v) is 7.52. The van der Waals surface area contributed by atoms with Gasteiger partial charge in [-0.15, -0.1) is 11.8 Å². The minimum Gasteiger partial charge on any atom is -0.369 e. The van der Waals surface area contributed by atoms with Gasteiger partial charge in [-0.25, -0.2) is 9.97 Å². The molecule has 0 radical (unpaired) electrons. The van der Waals surface area contributed by atoms with Crippen LogP contribution < -0.4 is 5.32 Å². The lowest BCUT2D eigenvalue weighted by Gasteiger charge is -2.12. The molecule has 0 aliphatic rings.